The molecule has 3 rings (SSSR count). The normalized spacial score (nSPS) is 13.7. The summed E-state index contributed by atoms with van der Waals surface area (Å²) in [7, 11) is 1.91. The Morgan fingerprint density at radius 3 is 2.90 bits per heavy atom. The lowest BCUT2D eigenvalue weighted by Crippen LogP contribution is -2.19. The third kappa shape index (κ3) is 2.91. The average molecular weight is 302 g/mol. The zero-order valence-corrected chi connectivity index (χ0v) is 12.5. The smallest absolute Gasteiger partial charge is 0.224 e. The highest BCUT2D eigenvalue weighted by Crippen LogP contribution is 2.35. The largest absolute Gasteiger partial charge is 0.325 e. The van der Waals surface area contributed by atoms with Crippen molar-refractivity contribution in [3.05, 3.63) is 46.7 Å². The van der Waals surface area contributed by atoms with Gasteiger partial charge in [-0.05, 0) is 48.4 Å². The molecule has 0 radical (unpaired) electrons. The SMILES string of the molecule is CNCc1cncc(-c2cc(Cl)c3c(c2)CCC(=O)N3)c1. The Morgan fingerprint density at radius 2 is 2.10 bits per heavy atom. The number of fused-ring (bicyclic) bond motifs is 1. The first-order chi connectivity index (χ1) is 10.2. The number of pyridine rings is 1. The second kappa shape index (κ2) is 5.84. The van der Waals surface area contributed by atoms with Gasteiger partial charge in [0.25, 0.3) is 0 Å². The molecule has 108 valence electrons. The topological polar surface area (TPSA) is 54.0 Å². The van der Waals surface area contributed by atoms with E-state index < -0.39 is 0 Å². The molecule has 1 amide bonds. The summed E-state index contributed by atoms with van der Waals surface area (Å²) in [6.45, 7) is 0.773. The standard InChI is InChI=1S/C16H16ClN3O/c1-18-7-10-4-13(9-19-8-10)12-5-11-2-3-15(21)20-16(11)14(17)6-12/h4-6,8-9,18H,2-3,7H2,1H3,(H,20,21). The van der Waals surface area contributed by atoms with E-state index in [4.69, 9.17) is 11.6 Å². The van der Waals surface area contributed by atoms with Crippen molar-refractivity contribution >= 4 is 23.2 Å². The first-order valence-electron chi connectivity index (χ1n) is 6.88. The molecular weight excluding hydrogens is 286 g/mol. The molecule has 1 aliphatic rings. The molecule has 0 spiro atoms. The van der Waals surface area contributed by atoms with Crippen LogP contribution in [0.2, 0.25) is 5.02 Å². The molecule has 0 aliphatic carbocycles. The number of nitrogens with zero attached hydrogens (tertiary/aromatic N) is 1. The number of aryl methyl sites for hydroxylation is 1. The highest BCUT2D eigenvalue weighted by atomic mass is 35.5. The van der Waals surface area contributed by atoms with Crippen molar-refractivity contribution < 1.29 is 4.79 Å². The van der Waals surface area contributed by atoms with Gasteiger partial charge in [-0.2, -0.15) is 0 Å². The number of carbonyl (C=O) groups is 1. The molecule has 0 saturated carbocycles. The van der Waals surface area contributed by atoms with E-state index in [9.17, 15) is 4.79 Å². The molecule has 0 bridgehead atoms. The summed E-state index contributed by atoms with van der Waals surface area (Å²) in [5, 5.41) is 6.54. The van der Waals surface area contributed by atoms with Crippen LogP contribution in [0.25, 0.3) is 11.1 Å². The zero-order chi connectivity index (χ0) is 14.8. The molecular formula is C16H16ClN3O. The minimum absolute atomic E-state index is 0.0230. The number of rotatable bonds is 3. The molecule has 0 atom stereocenters. The summed E-state index contributed by atoms with van der Waals surface area (Å²) >= 11 is 6.32. The summed E-state index contributed by atoms with van der Waals surface area (Å²) < 4.78 is 0. The van der Waals surface area contributed by atoms with Gasteiger partial charge < -0.3 is 10.6 Å². The van der Waals surface area contributed by atoms with Crippen molar-refractivity contribution in [2.45, 2.75) is 19.4 Å². The van der Waals surface area contributed by atoms with Gasteiger partial charge in [0, 0.05) is 30.9 Å². The second-order valence-electron chi connectivity index (χ2n) is 5.15. The lowest BCUT2D eigenvalue weighted by Gasteiger charge is -2.19. The van der Waals surface area contributed by atoms with Crippen LogP contribution in [0, 0.1) is 0 Å². The molecule has 1 aromatic carbocycles. The van der Waals surface area contributed by atoms with Gasteiger partial charge in [-0.15, -0.1) is 0 Å². The quantitative estimate of drug-likeness (QED) is 0.916. The predicted octanol–water partition coefficient (Wildman–Crippen LogP) is 3.01. The summed E-state index contributed by atoms with van der Waals surface area (Å²) in [5.74, 6) is 0.0230. The lowest BCUT2D eigenvalue weighted by atomic mass is 9.97. The number of hydrogen-bond acceptors (Lipinski definition) is 3. The fourth-order valence-corrected chi connectivity index (χ4v) is 2.85. The molecule has 2 heterocycles. The number of anilines is 1. The van der Waals surface area contributed by atoms with Crippen LogP contribution < -0.4 is 10.6 Å². The van der Waals surface area contributed by atoms with Gasteiger partial charge in [0.1, 0.15) is 0 Å². The molecule has 2 aromatic rings. The van der Waals surface area contributed by atoms with Crippen molar-refractivity contribution in [3.8, 4) is 11.1 Å². The minimum Gasteiger partial charge on any atom is -0.325 e. The summed E-state index contributed by atoms with van der Waals surface area (Å²) in [4.78, 5) is 15.7. The van der Waals surface area contributed by atoms with Crippen molar-refractivity contribution in [2.24, 2.45) is 0 Å². The third-order valence-electron chi connectivity index (χ3n) is 3.57. The van der Waals surface area contributed by atoms with E-state index in [0.717, 1.165) is 40.9 Å². The number of aromatic nitrogens is 1. The second-order valence-corrected chi connectivity index (χ2v) is 5.56. The van der Waals surface area contributed by atoms with Gasteiger partial charge in [-0.25, -0.2) is 0 Å². The Balaban J connectivity index is 2.02. The van der Waals surface area contributed by atoms with Crippen LogP contribution in [0.15, 0.2) is 30.6 Å². The molecule has 4 nitrogen and oxygen atoms in total. The van der Waals surface area contributed by atoms with Gasteiger partial charge in [0.2, 0.25) is 5.91 Å². The fraction of sp³-hybridized carbons (Fsp3) is 0.250. The Kier molecular flexibility index (Phi) is 3.90. The molecule has 1 aliphatic heterocycles. The Hall–Kier alpha value is -1.91. The number of halogens is 1. The molecule has 5 heteroatoms. The van der Waals surface area contributed by atoms with Crippen LogP contribution >= 0.6 is 11.6 Å². The third-order valence-corrected chi connectivity index (χ3v) is 3.86. The monoisotopic (exact) mass is 301 g/mol. The van der Waals surface area contributed by atoms with E-state index in [-0.39, 0.29) is 5.91 Å². The molecule has 0 fully saturated rings. The Bertz CT molecular complexity index is 700. The predicted molar refractivity (Wildman–Crippen MR) is 84.4 cm³/mol. The van der Waals surface area contributed by atoms with Crippen LogP contribution in [0.5, 0.6) is 0 Å². The van der Waals surface area contributed by atoms with Crippen molar-refractivity contribution in [2.75, 3.05) is 12.4 Å². The molecule has 0 unspecified atom stereocenters. The van der Waals surface area contributed by atoms with Gasteiger partial charge in [0.15, 0.2) is 0 Å². The summed E-state index contributed by atoms with van der Waals surface area (Å²) in [6, 6.07) is 6.07. The maximum atomic E-state index is 11.5. The minimum atomic E-state index is 0.0230. The zero-order valence-electron chi connectivity index (χ0n) is 11.7. The van der Waals surface area contributed by atoms with Gasteiger partial charge in [-0.1, -0.05) is 11.6 Å². The van der Waals surface area contributed by atoms with E-state index in [1.165, 1.54) is 0 Å². The number of carbonyl (C=O) groups excluding carboxylic acids is 1. The van der Waals surface area contributed by atoms with E-state index in [1.807, 2.05) is 25.5 Å². The lowest BCUT2D eigenvalue weighted by molar-refractivity contribution is -0.116. The summed E-state index contributed by atoms with van der Waals surface area (Å²) in [5.41, 5.74) is 5.01. The Labute approximate surface area is 128 Å². The number of hydrogen-bond donors (Lipinski definition) is 2. The summed E-state index contributed by atoms with van der Waals surface area (Å²) in [6.07, 6.45) is 4.90. The highest BCUT2D eigenvalue weighted by molar-refractivity contribution is 6.34. The van der Waals surface area contributed by atoms with E-state index in [2.05, 4.69) is 27.8 Å². The Morgan fingerprint density at radius 1 is 1.24 bits per heavy atom. The van der Waals surface area contributed by atoms with E-state index in [0.29, 0.717) is 11.4 Å². The highest BCUT2D eigenvalue weighted by Gasteiger charge is 2.18. The maximum absolute atomic E-state index is 11.5. The molecule has 0 saturated heterocycles. The van der Waals surface area contributed by atoms with E-state index in [1.54, 1.807) is 0 Å². The number of nitrogens with one attached hydrogen (secondary N) is 2. The van der Waals surface area contributed by atoms with Crippen molar-refractivity contribution in [1.29, 1.82) is 0 Å². The maximum Gasteiger partial charge on any atom is 0.224 e. The number of amides is 1. The van der Waals surface area contributed by atoms with Crippen LogP contribution in [-0.4, -0.2) is 17.9 Å². The van der Waals surface area contributed by atoms with Crippen molar-refractivity contribution in [1.82, 2.24) is 10.3 Å². The first-order valence-corrected chi connectivity index (χ1v) is 7.26. The van der Waals surface area contributed by atoms with Gasteiger partial charge in [-0.3, -0.25) is 9.78 Å². The van der Waals surface area contributed by atoms with Crippen LogP contribution in [-0.2, 0) is 17.8 Å². The van der Waals surface area contributed by atoms with Gasteiger partial charge >= 0.3 is 0 Å². The average Bonchev–Trinajstić information content (AvgIpc) is 2.48. The van der Waals surface area contributed by atoms with Crippen LogP contribution in [0.1, 0.15) is 17.5 Å². The first kappa shape index (κ1) is 14.0. The molecule has 1 aromatic heterocycles. The number of benzene rings is 1. The van der Waals surface area contributed by atoms with Crippen molar-refractivity contribution in [3.63, 3.8) is 0 Å². The van der Waals surface area contributed by atoms with Gasteiger partial charge in [0.05, 0.1) is 10.7 Å². The molecule has 2 N–H and O–H groups in total. The van der Waals surface area contributed by atoms with E-state index >= 15 is 0 Å². The molecule has 21 heavy (non-hydrogen) atoms. The fourth-order valence-electron chi connectivity index (χ4n) is 2.56. The van der Waals surface area contributed by atoms with Crippen LogP contribution in [0.3, 0.4) is 0 Å². The van der Waals surface area contributed by atoms with Crippen LogP contribution in [0.4, 0.5) is 5.69 Å².